The zero-order valence-electron chi connectivity index (χ0n) is 12.1. The van der Waals surface area contributed by atoms with Gasteiger partial charge in [-0.05, 0) is 33.1 Å². The van der Waals surface area contributed by atoms with Crippen molar-refractivity contribution in [3.05, 3.63) is 0 Å². The van der Waals surface area contributed by atoms with Crippen molar-refractivity contribution in [3.63, 3.8) is 0 Å². The van der Waals surface area contributed by atoms with E-state index in [1.54, 1.807) is 20.8 Å². The highest BCUT2D eigenvalue weighted by atomic mass is 16.6. The predicted octanol–water partition coefficient (Wildman–Crippen LogP) is 2.56. The molecule has 0 bridgehead atoms. The van der Waals surface area contributed by atoms with Crippen LogP contribution >= 0.6 is 0 Å². The van der Waals surface area contributed by atoms with Crippen molar-refractivity contribution in [2.75, 3.05) is 6.54 Å². The van der Waals surface area contributed by atoms with Gasteiger partial charge in [0.2, 0.25) is 0 Å². The van der Waals surface area contributed by atoms with Gasteiger partial charge in [0.1, 0.15) is 5.60 Å². The molecule has 6 nitrogen and oxygen atoms in total. The van der Waals surface area contributed by atoms with Gasteiger partial charge < -0.3 is 9.47 Å². The lowest BCUT2D eigenvalue weighted by Gasteiger charge is -2.31. The van der Waals surface area contributed by atoms with Gasteiger partial charge in [0, 0.05) is 6.54 Å². The monoisotopic (exact) mass is 271 g/mol. The molecule has 1 atom stereocenters. The number of carbonyl (C=O) groups is 3. The molecule has 0 aromatic rings. The second kappa shape index (κ2) is 5.59. The fourth-order valence-corrected chi connectivity index (χ4v) is 1.80. The largest absolute Gasteiger partial charge is 0.443 e. The second-order valence-electron chi connectivity index (χ2n) is 6.10. The third-order valence-electron chi connectivity index (χ3n) is 2.51. The lowest BCUT2D eigenvalue weighted by molar-refractivity contribution is -0.147. The summed E-state index contributed by atoms with van der Waals surface area (Å²) in [5, 5.41) is 0. The molecule has 0 aliphatic carbocycles. The van der Waals surface area contributed by atoms with Crippen LogP contribution in [0.25, 0.3) is 0 Å². The molecule has 0 spiro atoms. The van der Waals surface area contributed by atoms with E-state index in [0.29, 0.717) is 6.42 Å². The summed E-state index contributed by atoms with van der Waals surface area (Å²) in [6.07, 6.45) is -1.18. The number of esters is 1. The summed E-state index contributed by atoms with van der Waals surface area (Å²) in [5.74, 6) is -0.782. The van der Waals surface area contributed by atoms with Crippen LogP contribution in [0, 0.1) is 11.8 Å². The molecule has 1 heterocycles. The van der Waals surface area contributed by atoms with Gasteiger partial charge in [0.05, 0.1) is 5.92 Å². The Morgan fingerprint density at radius 2 is 2.00 bits per heavy atom. The van der Waals surface area contributed by atoms with Crippen molar-refractivity contribution in [2.45, 2.75) is 46.6 Å². The predicted molar refractivity (Wildman–Crippen MR) is 67.4 cm³/mol. The van der Waals surface area contributed by atoms with Crippen LogP contribution in [-0.2, 0) is 14.3 Å². The number of rotatable bonds is 2. The Morgan fingerprint density at radius 3 is 2.47 bits per heavy atom. The Bertz CT molecular complexity index is 383. The van der Waals surface area contributed by atoms with Crippen LogP contribution in [0.4, 0.5) is 9.59 Å². The molecular weight excluding hydrogens is 250 g/mol. The molecule has 1 unspecified atom stereocenters. The fraction of sp³-hybridized carbons (Fsp3) is 0.769. The van der Waals surface area contributed by atoms with Gasteiger partial charge in [-0.15, -0.1) is 0 Å². The van der Waals surface area contributed by atoms with E-state index in [-0.39, 0.29) is 12.5 Å². The van der Waals surface area contributed by atoms with E-state index < -0.39 is 29.7 Å². The molecule has 1 aliphatic rings. The van der Waals surface area contributed by atoms with E-state index in [1.165, 1.54) is 0 Å². The van der Waals surface area contributed by atoms with Gasteiger partial charge in [0.15, 0.2) is 0 Å². The SMILES string of the molecule is CC(C)CC1CN(C(=O)OC(C)(C)C)C(=O)OC1=O. The van der Waals surface area contributed by atoms with Crippen LogP contribution in [0.2, 0.25) is 0 Å². The zero-order chi connectivity index (χ0) is 14.8. The average Bonchev–Trinajstić information content (AvgIpc) is 2.18. The first-order valence-corrected chi connectivity index (χ1v) is 6.36. The number of amides is 2. The summed E-state index contributed by atoms with van der Waals surface area (Å²) in [5.41, 5.74) is -0.702. The average molecular weight is 271 g/mol. The van der Waals surface area contributed by atoms with Crippen LogP contribution in [0.3, 0.4) is 0 Å². The maximum Gasteiger partial charge on any atom is 0.427 e. The Balaban J connectivity index is 2.75. The highest BCUT2D eigenvalue weighted by molar-refractivity contribution is 5.97. The van der Waals surface area contributed by atoms with Gasteiger partial charge in [0.25, 0.3) is 0 Å². The number of ether oxygens (including phenoxy) is 2. The third-order valence-corrected chi connectivity index (χ3v) is 2.51. The molecule has 0 aromatic heterocycles. The van der Waals surface area contributed by atoms with E-state index in [1.807, 2.05) is 13.8 Å². The summed E-state index contributed by atoms with van der Waals surface area (Å²) in [6.45, 7) is 9.05. The van der Waals surface area contributed by atoms with Gasteiger partial charge in [-0.2, -0.15) is 0 Å². The molecule has 1 aliphatic heterocycles. The van der Waals surface area contributed by atoms with E-state index in [0.717, 1.165) is 4.90 Å². The van der Waals surface area contributed by atoms with Gasteiger partial charge in [-0.1, -0.05) is 13.8 Å². The smallest absolute Gasteiger partial charge is 0.427 e. The Hall–Kier alpha value is -1.59. The van der Waals surface area contributed by atoms with Crippen molar-refractivity contribution < 1.29 is 23.9 Å². The number of hydrogen-bond donors (Lipinski definition) is 0. The Morgan fingerprint density at radius 1 is 1.42 bits per heavy atom. The molecule has 1 rings (SSSR count). The lowest BCUT2D eigenvalue weighted by atomic mass is 9.96. The van der Waals surface area contributed by atoms with Crippen LogP contribution in [-0.4, -0.2) is 35.2 Å². The molecule has 0 N–H and O–H groups in total. The molecule has 2 amide bonds. The molecule has 108 valence electrons. The van der Waals surface area contributed by atoms with Crippen molar-refractivity contribution in [3.8, 4) is 0 Å². The van der Waals surface area contributed by atoms with Gasteiger partial charge >= 0.3 is 18.2 Å². The van der Waals surface area contributed by atoms with E-state index in [9.17, 15) is 14.4 Å². The Kier molecular flexibility index (Phi) is 4.55. The number of hydrogen-bond acceptors (Lipinski definition) is 5. The highest BCUT2D eigenvalue weighted by Crippen LogP contribution is 2.22. The minimum atomic E-state index is -0.959. The molecule has 0 radical (unpaired) electrons. The van der Waals surface area contributed by atoms with Crippen LogP contribution in [0.5, 0.6) is 0 Å². The molecule has 0 saturated carbocycles. The number of nitrogens with zero attached hydrogens (tertiary/aromatic N) is 1. The molecule has 1 saturated heterocycles. The topological polar surface area (TPSA) is 72.9 Å². The first kappa shape index (κ1) is 15.5. The minimum absolute atomic E-state index is 0.0186. The minimum Gasteiger partial charge on any atom is -0.443 e. The summed E-state index contributed by atoms with van der Waals surface area (Å²) < 4.78 is 9.71. The summed E-state index contributed by atoms with van der Waals surface area (Å²) in [7, 11) is 0. The number of cyclic esters (lactones) is 2. The van der Waals surface area contributed by atoms with Crippen molar-refractivity contribution in [2.24, 2.45) is 11.8 Å². The van der Waals surface area contributed by atoms with Crippen molar-refractivity contribution in [1.29, 1.82) is 0 Å². The van der Waals surface area contributed by atoms with Crippen LogP contribution in [0.15, 0.2) is 0 Å². The van der Waals surface area contributed by atoms with E-state index in [2.05, 4.69) is 4.74 Å². The number of imide groups is 1. The lowest BCUT2D eigenvalue weighted by Crippen LogP contribution is -2.50. The van der Waals surface area contributed by atoms with Crippen LogP contribution < -0.4 is 0 Å². The number of carbonyl (C=O) groups excluding carboxylic acids is 3. The first-order chi connectivity index (χ1) is 8.60. The maximum atomic E-state index is 11.9. The zero-order valence-corrected chi connectivity index (χ0v) is 12.1. The quantitative estimate of drug-likeness (QED) is 0.570. The van der Waals surface area contributed by atoms with Crippen molar-refractivity contribution >= 4 is 18.2 Å². The molecule has 6 heteroatoms. The van der Waals surface area contributed by atoms with Crippen molar-refractivity contribution in [1.82, 2.24) is 4.90 Å². The molecule has 19 heavy (non-hydrogen) atoms. The molecular formula is C13H21NO5. The van der Waals surface area contributed by atoms with Crippen LogP contribution in [0.1, 0.15) is 41.0 Å². The fourth-order valence-electron chi connectivity index (χ4n) is 1.80. The second-order valence-corrected chi connectivity index (χ2v) is 6.10. The molecule has 1 fully saturated rings. The maximum absolute atomic E-state index is 11.9. The summed E-state index contributed by atoms with van der Waals surface area (Å²) >= 11 is 0. The molecule has 0 aromatic carbocycles. The summed E-state index contributed by atoms with van der Waals surface area (Å²) in [6, 6.07) is 0. The van der Waals surface area contributed by atoms with Gasteiger partial charge in [-0.3, -0.25) is 4.79 Å². The Labute approximate surface area is 113 Å². The highest BCUT2D eigenvalue weighted by Gasteiger charge is 2.39. The summed E-state index contributed by atoms with van der Waals surface area (Å²) in [4.78, 5) is 35.8. The van der Waals surface area contributed by atoms with E-state index >= 15 is 0 Å². The third kappa shape index (κ3) is 4.54. The normalized spacial score (nSPS) is 20.5. The standard InChI is InChI=1S/C13H21NO5/c1-8(2)6-9-7-14(11(16)18-10(9)15)12(17)19-13(3,4)5/h8-9H,6-7H2,1-5H3. The van der Waals surface area contributed by atoms with Gasteiger partial charge in [-0.25, -0.2) is 14.5 Å². The van der Waals surface area contributed by atoms with E-state index in [4.69, 9.17) is 4.74 Å². The first-order valence-electron chi connectivity index (χ1n) is 6.36.